The van der Waals surface area contributed by atoms with Crippen molar-refractivity contribution in [1.82, 2.24) is 0 Å². The maximum atomic E-state index is 12.3. The van der Waals surface area contributed by atoms with Crippen LogP contribution in [-0.4, -0.2) is 23.5 Å². The zero-order valence-electron chi connectivity index (χ0n) is 11.3. The second-order valence-electron chi connectivity index (χ2n) is 5.25. The maximum absolute atomic E-state index is 12.3. The fraction of sp³-hybridized carbons (Fsp3) is 0.467. The van der Waals surface area contributed by atoms with Crippen molar-refractivity contribution in [3.8, 4) is 0 Å². The number of para-hydroxylation sites is 1. The van der Waals surface area contributed by atoms with Crippen molar-refractivity contribution in [3.05, 3.63) is 29.8 Å². The first-order valence-electron chi connectivity index (χ1n) is 6.92. The van der Waals surface area contributed by atoms with Crippen LogP contribution in [0.5, 0.6) is 0 Å². The lowest BCUT2D eigenvalue weighted by atomic mass is 9.95. The van der Waals surface area contributed by atoms with E-state index in [2.05, 4.69) is 5.32 Å². The van der Waals surface area contributed by atoms with Crippen LogP contribution in [0.25, 0.3) is 0 Å². The molecule has 108 valence electrons. The van der Waals surface area contributed by atoms with Gasteiger partial charge in [-0.15, -0.1) is 0 Å². The molecule has 2 rings (SSSR count). The summed E-state index contributed by atoms with van der Waals surface area (Å²) in [6.45, 7) is 0.523. The highest BCUT2D eigenvalue weighted by Gasteiger charge is 2.32. The number of amides is 1. The Labute approximate surface area is 118 Å². The van der Waals surface area contributed by atoms with E-state index in [1.54, 1.807) is 24.3 Å². The molecule has 0 radical (unpaired) electrons. The molecule has 4 N–H and O–H groups in total. The number of anilines is 1. The van der Waals surface area contributed by atoms with Gasteiger partial charge in [0, 0.05) is 11.6 Å². The lowest BCUT2D eigenvalue weighted by Gasteiger charge is -2.18. The van der Waals surface area contributed by atoms with E-state index in [0.717, 1.165) is 19.3 Å². The summed E-state index contributed by atoms with van der Waals surface area (Å²) in [7, 11) is 0. The van der Waals surface area contributed by atoms with Crippen molar-refractivity contribution in [2.24, 2.45) is 17.6 Å². The van der Waals surface area contributed by atoms with Crippen molar-refractivity contribution >= 4 is 17.6 Å². The van der Waals surface area contributed by atoms with Gasteiger partial charge in [0.2, 0.25) is 5.91 Å². The Hall–Kier alpha value is -1.88. The zero-order chi connectivity index (χ0) is 14.5. The van der Waals surface area contributed by atoms with Crippen molar-refractivity contribution in [2.75, 3.05) is 11.9 Å². The molecule has 2 unspecified atom stereocenters. The molecule has 1 aliphatic carbocycles. The maximum Gasteiger partial charge on any atom is 0.307 e. The molecule has 0 bridgehead atoms. The normalized spacial score (nSPS) is 21.6. The number of rotatable bonds is 5. The summed E-state index contributed by atoms with van der Waals surface area (Å²) in [5, 5.41) is 11.8. The molecule has 0 saturated heterocycles. The van der Waals surface area contributed by atoms with Gasteiger partial charge in [0.15, 0.2) is 0 Å². The summed E-state index contributed by atoms with van der Waals surface area (Å²) in [4.78, 5) is 23.1. The molecular weight excluding hydrogens is 256 g/mol. The van der Waals surface area contributed by atoms with Crippen LogP contribution < -0.4 is 11.1 Å². The van der Waals surface area contributed by atoms with Gasteiger partial charge in [0.25, 0.3) is 0 Å². The Kier molecular flexibility index (Phi) is 4.74. The molecule has 1 amide bonds. The molecule has 5 heteroatoms. The Morgan fingerprint density at radius 3 is 2.75 bits per heavy atom. The molecular formula is C15H20N2O3. The fourth-order valence-corrected chi connectivity index (χ4v) is 2.85. The highest BCUT2D eigenvalue weighted by atomic mass is 16.4. The molecule has 0 aliphatic heterocycles. The smallest absolute Gasteiger partial charge is 0.307 e. The number of carboxylic acids is 1. The summed E-state index contributed by atoms with van der Waals surface area (Å²) in [5.74, 6) is -0.775. The molecule has 1 saturated carbocycles. The highest BCUT2D eigenvalue weighted by molar-refractivity contribution is 5.94. The minimum atomic E-state index is -0.910. The second kappa shape index (κ2) is 6.52. The molecule has 2 atom stereocenters. The van der Waals surface area contributed by atoms with Crippen LogP contribution in [0.4, 0.5) is 5.69 Å². The predicted octanol–water partition coefficient (Wildman–Crippen LogP) is 1.63. The van der Waals surface area contributed by atoms with Gasteiger partial charge in [-0.2, -0.15) is 0 Å². The number of carbonyl (C=O) groups excluding carboxylic acids is 1. The quantitative estimate of drug-likeness (QED) is 0.762. The fourth-order valence-electron chi connectivity index (χ4n) is 2.85. The van der Waals surface area contributed by atoms with Crippen molar-refractivity contribution in [1.29, 1.82) is 0 Å². The largest absolute Gasteiger partial charge is 0.481 e. The van der Waals surface area contributed by atoms with Crippen molar-refractivity contribution in [3.63, 3.8) is 0 Å². The number of benzene rings is 1. The number of aliphatic carboxylic acids is 1. The van der Waals surface area contributed by atoms with Crippen LogP contribution in [-0.2, 0) is 16.0 Å². The first kappa shape index (κ1) is 14.5. The topological polar surface area (TPSA) is 92.4 Å². The first-order valence-corrected chi connectivity index (χ1v) is 6.92. The SMILES string of the molecule is NCC1CCCC1C(=O)Nc1ccccc1CC(=O)O. The van der Waals surface area contributed by atoms with Gasteiger partial charge >= 0.3 is 5.97 Å². The van der Waals surface area contributed by atoms with E-state index in [1.165, 1.54) is 0 Å². The lowest BCUT2D eigenvalue weighted by molar-refractivity contribution is -0.136. The number of carboxylic acid groups (broad SMARTS) is 1. The molecule has 1 aromatic rings. The third-order valence-corrected chi connectivity index (χ3v) is 3.92. The van der Waals surface area contributed by atoms with Crippen molar-refractivity contribution in [2.45, 2.75) is 25.7 Å². The molecule has 0 heterocycles. The van der Waals surface area contributed by atoms with Gasteiger partial charge in [-0.3, -0.25) is 9.59 Å². The van der Waals surface area contributed by atoms with E-state index >= 15 is 0 Å². The zero-order valence-corrected chi connectivity index (χ0v) is 11.3. The average Bonchev–Trinajstić information content (AvgIpc) is 2.88. The van der Waals surface area contributed by atoms with Gasteiger partial charge in [-0.05, 0) is 36.9 Å². The van der Waals surface area contributed by atoms with E-state index in [0.29, 0.717) is 17.8 Å². The molecule has 0 aromatic heterocycles. The molecule has 20 heavy (non-hydrogen) atoms. The molecule has 1 aliphatic rings. The highest BCUT2D eigenvalue weighted by Crippen LogP contribution is 2.32. The van der Waals surface area contributed by atoms with E-state index < -0.39 is 5.97 Å². The number of hydrogen-bond donors (Lipinski definition) is 3. The predicted molar refractivity (Wildman–Crippen MR) is 76.3 cm³/mol. The van der Waals surface area contributed by atoms with Crippen LogP contribution in [0.2, 0.25) is 0 Å². The number of nitrogens with one attached hydrogen (secondary N) is 1. The number of hydrogen-bond acceptors (Lipinski definition) is 3. The Bertz CT molecular complexity index is 502. The van der Waals surface area contributed by atoms with E-state index in [9.17, 15) is 9.59 Å². The average molecular weight is 276 g/mol. The van der Waals surface area contributed by atoms with Gasteiger partial charge in [-0.1, -0.05) is 24.6 Å². The summed E-state index contributed by atoms with van der Waals surface area (Å²) >= 11 is 0. The van der Waals surface area contributed by atoms with Crippen LogP contribution in [0.15, 0.2) is 24.3 Å². The molecule has 5 nitrogen and oxygen atoms in total. The third-order valence-electron chi connectivity index (χ3n) is 3.92. The molecule has 1 aromatic carbocycles. The third kappa shape index (κ3) is 3.36. The summed E-state index contributed by atoms with van der Waals surface area (Å²) in [6.07, 6.45) is 2.78. The number of carbonyl (C=O) groups is 2. The van der Waals surface area contributed by atoms with Crippen LogP contribution in [0, 0.1) is 11.8 Å². The molecule has 0 spiro atoms. The summed E-state index contributed by atoms with van der Waals surface area (Å²) in [5.41, 5.74) is 6.90. The lowest BCUT2D eigenvalue weighted by Crippen LogP contribution is -2.30. The van der Waals surface area contributed by atoms with E-state index in [4.69, 9.17) is 10.8 Å². The number of nitrogens with two attached hydrogens (primary N) is 1. The van der Waals surface area contributed by atoms with Gasteiger partial charge < -0.3 is 16.2 Å². The van der Waals surface area contributed by atoms with Gasteiger partial charge in [-0.25, -0.2) is 0 Å². The molecule has 1 fully saturated rings. The Morgan fingerprint density at radius 1 is 1.30 bits per heavy atom. The summed E-state index contributed by atoms with van der Waals surface area (Å²) in [6, 6.07) is 7.02. The minimum absolute atomic E-state index is 0.0456. The van der Waals surface area contributed by atoms with Crippen molar-refractivity contribution < 1.29 is 14.7 Å². The standard InChI is InChI=1S/C15H20N2O3/c16-9-11-5-3-6-12(11)15(20)17-13-7-2-1-4-10(13)8-14(18)19/h1-2,4,7,11-12H,3,5-6,8-9,16H2,(H,17,20)(H,18,19). The van der Waals surface area contributed by atoms with E-state index in [-0.39, 0.29) is 24.2 Å². The van der Waals surface area contributed by atoms with Gasteiger partial charge in [0.05, 0.1) is 6.42 Å². The summed E-state index contributed by atoms with van der Waals surface area (Å²) < 4.78 is 0. The van der Waals surface area contributed by atoms with Crippen LogP contribution >= 0.6 is 0 Å². The van der Waals surface area contributed by atoms with Crippen LogP contribution in [0.1, 0.15) is 24.8 Å². The van der Waals surface area contributed by atoms with E-state index in [1.807, 2.05) is 0 Å². The Morgan fingerprint density at radius 2 is 2.05 bits per heavy atom. The first-order chi connectivity index (χ1) is 9.61. The monoisotopic (exact) mass is 276 g/mol. The van der Waals surface area contributed by atoms with Crippen LogP contribution in [0.3, 0.4) is 0 Å². The second-order valence-corrected chi connectivity index (χ2v) is 5.25. The Balaban J connectivity index is 2.09. The minimum Gasteiger partial charge on any atom is -0.481 e. The van der Waals surface area contributed by atoms with Gasteiger partial charge in [0.1, 0.15) is 0 Å².